The second-order valence-corrected chi connectivity index (χ2v) is 3.49. The van der Waals surface area contributed by atoms with E-state index >= 15 is 0 Å². The van der Waals surface area contributed by atoms with Crippen LogP contribution in [-0.4, -0.2) is 24.8 Å². The van der Waals surface area contributed by atoms with Gasteiger partial charge in [0, 0.05) is 12.4 Å². The summed E-state index contributed by atoms with van der Waals surface area (Å²) in [6.45, 7) is 0. The minimum Gasteiger partial charge on any atom is -0.275 e. The average Bonchev–Trinajstić information content (AvgIpc) is 2.78. The molecular weight excluding hydrogens is 186 g/mol. The maximum atomic E-state index is 4.32. The zero-order chi connectivity index (χ0) is 8.67. The van der Waals surface area contributed by atoms with Crippen molar-refractivity contribution in [1.82, 2.24) is 24.8 Å². The summed E-state index contributed by atoms with van der Waals surface area (Å²) in [5.41, 5.74) is 0.926. The van der Waals surface area contributed by atoms with Crippen molar-refractivity contribution in [2.75, 3.05) is 0 Å². The summed E-state index contributed by atoms with van der Waals surface area (Å²) in [5.74, 6) is 0. The van der Waals surface area contributed by atoms with Crippen LogP contribution in [0.3, 0.4) is 0 Å². The molecule has 0 aliphatic carbocycles. The predicted molar refractivity (Wildman–Crippen MR) is 48.4 cm³/mol. The molecule has 5 nitrogen and oxygen atoms in total. The van der Waals surface area contributed by atoms with Crippen LogP contribution in [0, 0.1) is 0 Å². The van der Waals surface area contributed by atoms with Crippen LogP contribution in [0.2, 0.25) is 0 Å². The van der Waals surface area contributed by atoms with Gasteiger partial charge in [-0.3, -0.25) is 5.10 Å². The fourth-order valence-electron chi connectivity index (χ4n) is 1.12. The standard InChI is InChI=1S/C7H5N5S/c1-2-9-10-5(1)6-11-12-4-3-8-7(12)13-6/h1-4H,(H,9,10). The normalized spacial score (nSPS) is 11.1. The SMILES string of the molecule is c1cc(-c2nn3ccnc3s2)[nH]n1. The molecule has 0 fully saturated rings. The minimum absolute atomic E-state index is 0.893. The maximum absolute atomic E-state index is 4.32. The number of imidazole rings is 1. The summed E-state index contributed by atoms with van der Waals surface area (Å²) in [4.78, 5) is 5.03. The Kier molecular flexibility index (Phi) is 1.25. The van der Waals surface area contributed by atoms with Gasteiger partial charge in [0.2, 0.25) is 4.96 Å². The molecule has 3 heterocycles. The van der Waals surface area contributed by atoms with Crippen molar-refractivity contribution < 1.29 is 0 Å². The van der Waals surface area contributed by atoms with E-state index in [9.17, 15) is 0 Å². The van der Waals surface area contributed by atoms with E-state index in [4.69, 9.17) is 0 Å². The molecule has 0 amide bonds. The number of aromatic amines is 1. The molecule has 1 N–H and O–H groups in total. The van der Waals surface area contributed by atoms with E-state index in [0.717, 1.165) is 15.7 Å². The molecule has 0 radical (unpaired) electrons. The summed E-state index contributed by atoms with van der Waals surface area (Å²) in [6.07, 6.45) is 5.26. The monoisotopic (exact) mass is 191 g/mol. The lowest BCUT2D eigenvalue weighted by molar-refractivity contribution is 0.970. The predicted octanol–water partition coefficient (Wildman–Crippen LogP) is 1.18. The number of rotatable bonds is 1. The number of nitrogens with one attached hydrogen (secondary N) is 1. The highest BCUT2D eigenvalue weighted by Gasteiger charge is 2.06. The number of hydrogen-bond acceptors (Lipinski definition) is 4. The summed E-state index contributed by atoms with van der Waals surface area (Å²) >= 11 is 1.53. The van der Waals surface area contributed by atoms with Gasteiger partial charge in [0.15, 0.2) is 5.01 Å². The first kappa shape index (κ1) is 6.79. The van der Waals surface area contributed by atoms with E-state index < -0.39 is 0 Å². The van der Waals surface area contributed by atoms with Crippen molar-refractivity contribution in [3.8, 4) is 10.7 Å². The van der Waals surface area contributed by atoms with E-state index in [2.05, 4.69) is 20.3 Å². The molecule has 0 bridgehead atoms. The summed E-state index contributed by atoms with van der Waals surface area (Å²) < 4.78 is 1.75. The van der Waals surface area contributed by atoms with Gasteiger partial charge in [-0.15, -0.1) is 0 Å². The van der Waals surface area contributed by atoms with Gasteiger partial charge in [-0.1, -0.05) is 11.3 Å². The molecular formula is C7H5N5S. The third-order valence-corrected chi connectivity index (χ3v) is 2.68. The van der Waals surface area contributed by atoms with E-state index in [-0.39, 0.29) is 0 Å². The molecule has 3 aromatic heterocycles. The van der Waals surface area contributed by atoms with Crippen LogP contribution < -0.4 is 0 Å². The van der Waals surface area contributed by atoms with Crippen LogP contribution in [0.25, 0.3) is 15.7 Å². The van der Waals surface area contributed by atoms with Crippen molar-refractivity contribution in [2.24, 2.45) is 0 Å². The smallest absolute Gasteiger partial charge is 0.212 e. The molecule has 6 heteroatoms. The van der Waals surface area contributed by atoms with Gasteiger partial charge in [0.05, 0.1) is 11.9 Å². The molecule has 0 aromatic carbocycles. The number of hydrogen-bond donors (Lipinski definition) is 1. The Labute approximate surface area is 77.1 Å². The fraction of sp³-hybridized carbons (Fsp3) is 0. The van der Waals surface area contributed by atoms with Crippen LogP contribution >= 0.6 is 11.3 Å². The highest BCUT2D eigenvalue weighted by atomic mass is 32.1. The van der Waals surface area contributed by atoms with Gasteiger partial charge in [-0.25, -0.2) is 9.50 Å². The Bertz CT molecular complexity index is 491. The van der Waals surface area contributed by atoms with E-state index in [1.807, 2.05) is 12.3 Å². The summed E-state index contributed by atoms with van der Waals surface area (Å²) in [7, 11) is 0. The first-order valence-electron chi connectivity index (χ1n) is 3.73. The Balaban J connectivity index is 2.23. The molecule has 3 aromatic rings. The molecule has 64 valence electrons. The van der Waals surface area contributed by atoms with E-state index in [0.29, 0.717) is 0 Å². The Hall–Kier alpha value is -1.69. The van der Waals surface area contributed by atoms with Crippen LogP contribution in [0.15, 0.2) is 24.7 Å². The average molecular weight is 191 g/mol. The third kappa shape index (κ3) is 0.955. The van der Waals surface area contributed by atoms with Gasteiger partial charge in [0.25, 0.3) is 0 Å². The lowest BCUT2D eigenvalue weighted by atomic mass is 10.5. The maximum Gasteiger partial charge on any atom is 0.212 e. The zero-order valence-corrected chi connectivity index (χ0v) is 7.32. The zero-order valence-electron chi connectivity index (χ0n) is 6.51. The Morgan fingerprint density at radius 1 is 1.38 bits per heavy atom. The molecule has 0 unspecified atom stereocenters. The van der Waals surface area contributed by atoms with Gasteiger partial charge >= 0.3 is 0 Å². The lowest BCUT2D eigenvalue weighted by Crippen LogP contribution is -1.81. The lowest BCUT2D eigenvalue weighted by Gasteiger charge is -1.83. The second-order valence-electron chi connectivity index (χ2n) is 2.53. The van der Waals surface area contributed by atoms with Crippen molar-refractivity contribution in [1.29, 1.82) is 0 Å². The number of H-pyrrole nitrogens is 1. The van der Waals surface area contributed by atoms with Crippen molar-refractivity contribution in [3.05, 3.63) is 24.7 Å². The molecule has 0 aliphatic rings. The highest BCUT2D eigenvalue weighted by Crippen LogP contribution is 2.22. The molecule has 0 spiro atoms. The van der Waals surface area contributed by atoms with Crippen LogP contribution in [0.1, 0.15) is 0 Å². The van der Waals surface area contributed by atoms with Crippen LogP contribution in [-0.2, 0) is 0 Å². The molecule has 0 aliphatic heterocycles. The molecule has 0 saturated carbocycles. The topological polar surface area (TPSA) is 58.9 Å². The molecule has 0 saturated heterocycles. The Morgan fingerprint density at radius 3 is 3.15 bits per heavy atom. The second kappa shape index (κ2) is 2.40. The van der Waals surface area contributed by atoms with Crippen LogP contribution in [0.5, 0.6) is 0 Å². The van der Waals surface area contributed by atoms with E-state index in [1.54, 1.807) is 16.9 Å². The van der Waals surface area contributed by atoms with Crippen molar-refractivity contribution in [2.45, 2.75) is 0 Å². The number of fused-ring (bicyclic) bond motifs is 1. The largest absolute Gasteiger partial charge is 0.275 e. The summed E-state index contributed by atoms with van der Waals surface area (Å²) in [6, 6.07) is 1.89. The number of aromatic nitrogens is 5. The third-order valence-electron chi connectivity index (χ3n) is 1.71. The summed E-state index contributed by atoms with van der Waals surface area (Å²) in [5, 5.41) is 11.9. The van der Waals surface area contributed by atoms with Crippen LogP contribution in [0.4, 0.5) is 0 Å². The first-order chi connectivity index (χ1) is 6.43. The first-order valence-corrected chi connectivity index (χ1v) is 4.55. The number of nitrogens with zero attached hydrogens (tertiary/aromatic N) is 4. The molecule has 13 heavy (non-hydrogen) atoms. The van der Waals surface area contributed by atoms with Gasteiger partial charge in [-0.2, -0.15) is 10.2 Å². The minimum atomic E-state index is 0.893. The van der Waals surface area contributed by atoms with Gasteiger partial charge in [-0.05, 0) is 6.07 Å². The van der Waals surface area contributed by atoms with Gasteiger partial charge in [0.1, 0.15) is 0 Å². The van der Waals surface area contributed by atoms with Gasteiger partial charge < -0.3 is 0 Å². The molecule has 0 atom stereocenters. The van der Waals surface area contributed by atoms with Crippen molar-refractivity contribution >= 4 is 16.3 Å². The fourth-order valence-corrected chi connectivity index (χ4v) is 1.96. The van der Waals surface area contributed by atoms with E-state index in [1.165, 1.54) is 11.3 Å². The quantitative estimate of drug-likeness (QED) is 0.628. The van der Waals surface area contributed by atoms with Crippen molar-refractivity contribution in [3.63, 3.8) is 0 Å². The highest BCUT2D eigenvalue weighted by molar-refractivity contribution is 7.19. The Morgan fingerprint density at radius 2 is 2.38 bits per heavy atom. The molecule has 3 rings (SSSR count).